The zero-order valence-corrected chi connectivity index (χ0v) is 17.0. The second kappa shape index (κ2) is 6.99. The van der Waals surface area contributed by atoms with Gasteiger partial charge in [0.25, 0.3) is 0 Å². The van der Waals surface area contributed by atoms with Gasteiger partial charge in [-0.25, -0.2) is 0 Å². The number of aryl methyl sites for hydroxylation is 1. The molecule has 1 heterocycles. The Balaban J connectivity index is 2.05. The van der Waals surface area contributed by atoms with Gasteiger partial charge in [-0.05, 0) is 43.6 Å². The molecule has 0 saturated carbocycles. The molecule has 128 valence electrons. The van der Waals surface area contributed by atoms with E-state index < -0.39 is 19.1 Å². The van der Waals surface area contributed by atoms with Crippen molar-refractivity contribution in [3.8, 4) is 0 Å². The lowest BCUT2D eigenvalue weighted by Crippen LogP contribution is -2.46. The van der Waals surface area contributed by atoms with Gasteiger partial charge in [-0.15, -0.1) is 0 Å². The Morgan fingerprint density at radius 2 is 1.87 bits per heavy atom. The van der Waals surface area contributed by atoms with Crippen molar-refractivity contribution in [1.82, 2.24) is 0 Å². The van der Waals surface area contributed by atoms with Crippen molar-refractivity contribution in [2.45, 2.75) is 63.2 Å². The van der Waals surface area contributed by atoms with Gasteiger partial charge in [-0.2, -0.15) is 0 Å². The van der Waals surface area contributed by atoms with Gasteiger partial charge in [0, 0.05) is 11.4 Å². The molecular formula is C18H29NO2SSi. The van der Waals surface area contributed by atoms with Gasteiger partial charge in [0.2, 0.25) is 0 Å². The van der Waals surface area contributed by atoms with Gasteiger partial charge in [0.1, 0.15) is 0 Å². The van der Waals surface area contributed by atoms with Gasteiger partial charge < -0.3 is 4.43 Å². The summed E-state index contributed by atoms with van der Waals surface area (Å²) in [4.78, 5) is 5.46. The molecule has 5 heteroatoms. The molecule has 0 N–H and O–H groups in total. The van der Waals surface area contributed by atoms with Crippen molar-refractivity contribution in [2.24, 2.45) is 4.99 Å². The second-order valence-electron chi connectivity index (χ2n) is 7.83. The van der Waals surface area contributed by atoms with E-state index in [1.54, 1.807) is 0 Å². The Morgan fingerprint density at radius 1 is 1.26 bits per heavy atom. The average molecular weight is 352 g/mol. The summed E-state index contributed by atoms with van der Waals surface area (Å²) in [5, 5.41) is 0.177. The third-order valence-corrected chi connectivity index (χ3v) is 10.7. The minimum Gasteiger partial charge on any atom is -0.409 e. The number of hydrogen-bond acceptors (Lipinski definition) is 3. The van der Waals surface area contributed by atoms with E-state index in [1.807, 2.05) is 31.2 Å². The molecule has 23 heavy (non-hydrogen) atoms. The highest BCUT2D eigenvalue weighted by molar-refractivity contribution is 7.85. The third kappa shape index (κ3) is 4.61. The normalized spacial score (nSPS) is 20.4. The maximum atomic E-state index is 12.6. The molecule has 0 aromatic heterocycles. The fourth-order valence-corrected chi connectivity index (χ4v) is 4.77. The van der Waals surface area contributed by atoms with Gasteiger partial charge in [-0.1, -0.05) is 38.5 Å². The number of aliphatic imine (C=N–C) groups is 1. The van der Waals surface area contributed by atoms with Crippen molar-refractivity contribution in [2.75, 3.05) is 12.3 Å². The molecule has 0 aliphatic carbocycles. The lowest BCUT2D eigenvalue weighted by Gasteiger charge is -2.38. The van der Waals surface area contributed by atoms with Crippen LogP contribution in [0.5, 0.6) is 0 Å². The van der Waals surface area contributed by atoms with E-state index in [0.29, 0.717) is 5.75 Å². The molecule has 0 unspecified atom stereocenters. The van der Waals surface area contributed by atoms with Gasteiger partial charge >= 0.3 is 0 Å². The van der Waals surface area contributed by atoms with Crippen LogP contribution in [0.15, 0.2) is 34.2 Å². The predicted octanol–water partition coefficient (Wildman–Crippen LogP) is 4.34. The van der Waals surface area contributed by atoms with Crippen LogP contribution in [0.4, 0.5) is 0 Å². The number of hydrogen-bond donors (Lipinski definition) is 0. The fourth-order valence-electron chi connectivity index (χ4n) is 2.30. The summed E-state index contributed by atoms with van der Waals surface area (Å²) < 4.78 is 19.1. The van der Waals surface area contributed by atoms with Crippen molar-refractivity contribution in [3.05, 3.63) is 29.8 Å². The van der Waals surface area contributed by atoms with Crippen LogP contribution in [-0.4, -0.2) is 36.6 Å². The monoisotopic (exact) mass is 351 g/mol. The smallest absolute Gasteiger partial charge is 0.192 e. The first kappa shape index (κ1) is 18.6. The fraction of sp³-hybridized carbons (Fsp3) is 0.611. The summed E-state index contributed by atoms with van der Waals surface area (Å²) in [6, 6.07) is 7.91. The zero-order chi connectivity index (χ0) is 17.3. The molecule has 3 nitrogen and oxygen atoms in total. The van der Waals surface area contributed by atoms with Crippen molar-refractivity contribution >= 4 is 24.8 Å². The Labute approximate surface area is 144 Å². The second-order valence-corrected chi connectivity index (χ2v) is 14.0. The van der Waals surface area contributed by atoms with Crippen molar-refractivity contribution in [3.63, 3.8) is 0 Å². The van der Waals surface area contributed by atoms with E-state index in [-0.39, 0.29) is 11.1 Å². The Hall–Kier alpha value is -0.783. The zero-order valence-electron chi connectivity index (χ0n) is 15.2. The summed E-state index contributed by atoms with van der Waals surface area (Å²) in [7, 11) is -2.88. The van der Waals surface area contributed by atoms with Crippen molar-refractivity contribution in [1.29, 1.82) is 0 Å². The van der Waals surface area contributed by atoms with Crippen LogP contribution >= 0.6 is 0 Å². The van der Waals surface area contributed by atoms with E-state index >= 15 is 0 Å². The van der Waals surface area contributed by atoms with E-state index in [2.05, 4.69) is 38.9 Å². The molecule has 0 bridgehead atoms. The van der Waals surface area contributed by atoms with Crippen LogP contribution in [0.25, 0.3) is 0 Å². The molecule has 1 aliphatic heterocycles. The summed E-state index contributed by atoms with van der Waals surface area (Å²) in [5.41, 5.74) is 2.16. The quantitative estimate of drug-likeness (QED) is 0.740. The molecule has 0 fully saturated rings. The molecule has 1 aromatic rings. The molecule has 0 amide bonds. The van der Waals surface area contributed by atoms with E-state index in [1.165, 1.54) is 5.56 Å². The van der Waals surface area contributed by atoms with Gasteiger partial charge in [-0.3, -0.25) is 9.20 Å². The minimum absolute atomic E-state index is 0.0466. The largest absolute Gasteiger partial charge is 0.409 e. The highest BCUT2D eigenvalue weighted by Crippen LogP contribution is 2.38. The van der Waals surface area contributed by atoms with Crippen LogP contribution in [0, 0.1) is 6.92 Å². The molecule has 2 atom stereocenters. The van der Waals surface area contributed by atoms with E-state index in [9.17, 15) is 4.21 Å². The minimum atomic E-state index is -1.83. The summed E-state index contributed by atoms with van der Waals surface area (Å²) in [6.07, 6.45) is 0.970. The SMILES string of the molecule is Cc1ccc([S@](=O)CC2=NCC[C@H]2O[Si](C)(C)C(C)(C)C)cc1. The molecule has 0 spiro atoms. The standard InChI is InChI=1S/C18H29NO2SSi/c1-14-7-9-15(10-8-14)22(20)13-16-17(11-12-19-16)21-23(5,6)18(2,3)4/h7-10,17H,11-13H2,1-6H3/t17-,22-/m1/s1. The third-order valence-electron chi connectivity index (χ3n) is 4.88. The van der Waals surface area contributed by atoms with Crippen LogP contribution in [0.3, 0.4) is 0 Å². The predicted molar refractivity (Wildman–Crippen MR) is 101 cm³/mol. The maximum absolute atomic E-state index is 12.6. The Kier molecular flexibility index (Phi) is 5.64. The summed E-state index contributed by atoms with van der Waals surface area (Å²) in [6.45, 7) is 14.1. The average Bonchev–Trinajstić information content (AvgIpc) is 2.84. The topological polar surface area (TPSA) is 38.7 Å². The first-order valence-corrected chi connectivity index (χ1v) is 12.5. The highest BCUT2D eigenvalue weighted by atomic mass is 32.2. The summed E-state index contributed by atoms with van der Waals surface area (Å²) in [5.74, 6) is 0.488. The number of nitrogens with zero attached hydrogens (tertiary/aromatic N) is 1. The number of rotatable bonds is 5. The Bertz CT molecular complexity index is 602. The maximum Gasteiger partial charge on any atom is 0.192 e. The lowest BCUT2D eigenvalue weighted by atomic mass is 10.2. The molecule has 1 aromatic carbocycles. The van der Waals surface area contributed by atoms with Crippen LogP contribution in [0.1, 0.15) is 32.8 Å². The van der Waals surface area contributed by atoms with Crippen LogP contribution < -0.4 is 0 Å². The van der Waals surface area contributed by atoms with Crippen molar-refractivity contribution < 1.29 is 8.63 Å². The summed E-state index contributed by atoms with van der Waals surface area (Å²) >= 11 is 0. The number of benzene rings is 1. The molecule has 2 rings (SSSR count). The van der Waals surface area contributed by atoms with E-state index in [0.717, 1.165) is 23.6 Å². The van der Waals surface area contributed by atoms with Gasteiger partial charge in [0.15, 0.2) is 8.32 Å². The molecule has 0 radical (unpaired) electrons. The van der Waals surface area contributed by atoms with Crippen LogP contribution in [0.2, 0.25) is 18.1 Å². The van der Waals surface area contributed by atoms with Crippen LogP contribution in [-0.2, 0) is 15.2 Å². The molecule has 1 aliphatic rings. The lowest BCUT2D eigenvalue weighted by molar-refractivity contribution is 0.242. The first-order chi connectivity index (χ1) is 10.6. The molecule has 0 saturated heterocycles. The van der Waals surface area contributed by atoms with Gasteiger partial charge in [0.05, 0.1) is 28.4 Å². The molecular weight excluding hydrogens is 322 g/mol. The first-order valence-electron chi connectivity index (χ1n) is 8.26. The Morgan fingerprint density at radius 3 is 2.43 bits per heavy atom. The van der Waals surface area contributed by atoms with E-state index in [4.69, 9.17) is 4.43 Å². The highest BCUT2D eigenvalue weighted by Gasteiger charge is 2.40.